The molecule has 0 spiro atoms. The molecule has 0 bridgehead atoms. The third-order valence-corrected chi connectivity index (χ3v) is 3.47. The summed E-state index contributed by atoms with van der Waals surface area (Å²) in [6, 6.07) is 12.2. The molecule has 0 atom stereocenters. The minimum Gasteiger partial charge on any atom is -0.322 e. The van der Waals surface area contributed by atoms with E-state index in [-0.39, 0.29) is 11.5 Å². The van der Waals surface area contributed by atoms with Crippen molar-refractivity contribution in [2.75, 3.05) is 5.32 Å². The van der Waals surface area contributed by atoms with Crippen LogP contribution in [0, 0.1) is 0 Å². The summed E-state index contributed by atoms with van der Waals surface area (Å²) in [5, 5.41) is 3.77. The summed E-state index contributed by atoms with van der Waals surface area (Å²) in [5.74, 6) is -0.283. The van der Waals surface area contributed by atoms with Crippen molar-refractivity contribution in [1.29, 1.82) is 0 Å². The lowest BCUT2D eigenvalue weighted by atomic mass is 10.1. The van der Waals surface area contributed by atoms with Crippen LogP contribution in [-0.4, -0.2) is 15.9 Å². The normalized spacial score (nSPS) is 10.6. The number of H-pyrrole nitrogens is 1. The Bertz CT molecular complexity index is 885. The molecule has 2 aromatic heterocycles. The Balaban J connectivity index is 1.96. The van der Waals surface area contributed by atoms with E-state index in [1.165, 1.54) is 0 Å². The summed E-state index contributed by atoms with van der Waals surface area (Å²) < 4.78 is 0. The zero-order valence-electron chi connectivity index (χ0n) is 12.1. The maximum Gasteiger partial charge on any atom is 0.274 e. The van der Waals surface area contributed by atoms with Crippen molar-refractivity contribution in [3.05, 3.63) is 70.3 Å². The SMILES string of the molecule is CCc1cc(=O)[nH]c2cc(NC(=O)c3ccccn3)ccc12. The number of hydrogen-bond donors (Lipinski definition) is 2. The number of carbonyl (C=O) groups excluding carboxylic acids is 1. The Labute approximate surface area is 127 Å². The van der Waals surface area contributed by atoms with Gasteiger partial charge in [-0.25, -0.2) is 0 Å². The number of aromatic nitrogens is 2. The fourth-order valence-corrected chi connectivity index (χ4v) is 2.39. The van der Waals surface area contributed by atoms with Crippen LogP contribution >= 0.6 is 0 Å². The highest BCUT2D eigenvalue weighted by atomic mass is 16.2. The van der Waals surface area contributed by atoms with Crippen LogP contribution in [0.5, 0.6) is 0 Å². The van der Waals surface area contributed by atoms with Gasteiger partial charge in [-0.05, 0) is 36.2 Å². The van der Waals surface area contributed by atoms with E-state index in [9.17, 15) is 9.59 Å². The fourth-order valence-electron chi connectivity index (χ4n) is 2.39. The molecule has 3 rings (SSSR count). The molecule has 1 amide bonds. The number of carbonyl (C=O) groups is 1. The minimum absolute atomic E-state index is 0.141. The van der Waals surface area contributed by atoms with Crippen molar-refractivity contribution in [1.82, 2.24) is 9.97 Å². The number of nitrogens with zero attached hydrogens (tertiary/aromatic N) is 1. The van der Waals surface area contributed by atoms with Crippen LogP contribution < -0.4 is 10.9 Å². The average molecular weight is 293 g/mol. The highest BCUT2D eigenvalue weighted by molar-refractivity contribution is 6.03. The maximum absolute atomic E-state index is 12.1. The maximum atomic E-state index is 12.1. The molecular weight excluding hydrogens is 278 g/mol. The molecule has 2 heterocycles. The third-order valence-electron chi connectivity index (χ3n) is 3.47. The van der Waals surface area contributed by atoms with Crippen LogP contribution in [0.25, 0.3) is 10.9 Å². The first-order chi connectivity index (χ1) is 10.7. The van der Waals surface area contributed by atoms with E-state index < -0.39 is 0 Å². The molecule has 0 unspecified atom stereocenters. The Morgan fingerprint density at radius 1 is 1.23 bits per heavy atom. The number of amides is 1. The smallest absolute Gasteiger partial charge is 0.274 e. The van der Waals surface area contributed by atoms with Gasteiger partial charge in [0.05, 0.1) is 5.52 Å². The summed E-state index contributed by atoms with van der Waals surface area (Å²) in [6.07, 6.45) is 2.35. The molecule has 22 heavy (non-hydrogen) atoms. The molecule has 2 N–H and O–H groups in total. The van der Waals surface area contributed by atoms with E-state index in [4.69, 9.17) is 0 Å². The lowest BCUT2D eigenvalue weighted by Crippen LogP contribution is -2.13. The Kier molecular flexibility index (Phi) is 3.70. The highest BCUT2D eigenvalue weighted by Gasteiger charge is 2.08. The summed E-state index contributed by atoms with van der Waals surface area (Å²) in [4.78, 5) is 30.6. The standard InChI is InChI=1S/C17H15N3O2/c1-2-11-9-16(21)20-15-10-12(6-7-13(11)15)19-17(22)14-5-3-4-8-18-14/h3-10H,2H2,1H3,(H,19,22)(H,20,21). The van der Waals surface area contributed by atoms with E-state index in [1.807, 2.05) is 19.1 Å². The lowest BCUT2D eigenvalue weighted by Gasteiger charge is -2.08. The molecule has 1 aromatic carbocycles. The van der Waals surface area contributed by atoms with Gasteiger partial charge in [-0.2, -0.15) is 0 Å². The number of pyridine rings is 2. The van der Waals surface area contributed by atoms with Gasteiger partial charge in [0.1, 0.15) is 5.69 Å². The van der Waals surface area contributed by atoms with Crippen LogP contribution in [0.4, 0.5) is 5.69 Å². The second kappa shape index (κ2) is 5.81. The number of anilines is 1. The zero-order valence-corrected chi connectivity index (χ0v) is 12.1. The first-order valence-corrected chi connectivity index (χ1v) is 7.05. The molecule has 0 saturated carbocycles. The van der Waals surface area contributed by atoms with Crippen LogP contribution in [0.15, 0.2) is 53.5 Å². The zero-order chi connectivity index (χ0) is 15.5. The topological polar surface area (TPSA) is 74.8 Å². The Morgan fingerprint density at radius 2 is 2.09 bits per heavy atom. The van der Waals surface area contributed by atoms with Gasteiger partial charge in [-0.1, -0.05) is 19.1 Å². The minimum atomic E-state index is -0.283. The van der Waals surface area contributed by atoms with Gasteiger partial charge in [0.25, 0.3) is 5.91 Å². The van der Waals surface area contributed by atoms with Gasteiger partial charge >= 0.3 is 0 Å². The van der Waals surface area contributed by atoms with Gasteiger partial charge < -0.3 is 10.3 Å². The number of nitrogens with one attached hydrogen (secondary N) is 2. The molecule has 0 aliphatic heterocycles. The third kappa shape index (κ3) is 2.74. The number of fused-ring (bicyclic) bond motifs is 1. The molecule has 5 nitrogen and oxygen atoms in total. The predicted octanol–water partition coefficient (Wildman–Crippen LogP) is 2.74. The van der Waals surface area contributed by atoms with Crippen molar-refractivity contribution < 1.29 is 4.79 Å². The molecule has 3 aromatic rings. The molecule has 0 aliphatic carbocycles. The number of hydrogen-bond acceptors (Lipinski definition) is 3. The van der Waals surface area contributed by atoms with Crippen molar-refractivity contribution in [2.45, 2.75) is 13.3 Å². The molecule has 0 saturated heterocycles. The van der Waals surface area contributed by atoms with Crippen LogP contribution in [-0.2, 0) is 6.42 Å². The van der Waals surface area contributed by atoms with Crippen molar-refractivity contribution >= 4 is 22.5 Å². The molecule has 5 heteroatoms. The van der Waals surface area contributed by atoms with E-state index in [1.54, 1.807) is 36.5 Å². The fraction of sp³-hybridized carbons (Fsp3) is 0.118. The predicted molar refractivity (Wildman–Crippen MR) is 86.1 cm³/mol. The molecule has 0 fully saturated rings. The van der Waals surface area contributed by atoms with E-state index in [0.29, 0.717) is 16.9 Å². The Hall–Kier alpha value is -2.95. The summed E-state index contributed by atoms with van der Waals surface area (Å²) in [5.41, 5.74) is 2.52. The summed E-state index contributed by atoms with van der Waals surface area (Å²) in [7, 11) is 0. The largest absolute Gasteiger partial charge is 0.322 e. The monoisotopic (exact) mass is 293 g/mol. The van der Waals surface area contributed by atoms with E-state index >= 15 is 0 Å². The highest BCUT2D eigenvalue weighted by Crippen LogP contribution is 2.20. The van der Waals surface area contributed by atoms with Gasteiger partial charge in [0.15, 0.2) is 0 Å². The molecule has 0 aliphatic rings. The second-order valence-electron chi connectivity index (χ2n) is 4.94. The van der Waals surface area contributed by atoms with Crippen LogP contribution in [0.2, 0.25) is 0 Å². The second-order valence-corrected chi connectivity index (χ2v) is 4.94. The van der Waals surface area contributed by atoms with Crippen LogP contribution in [0.3, 0.4) is 0 Å². The van der Waals surface area contributed by atoms with Gasteiger partial charge in [-0.3, -0.25) is 14.6 Å². The molecule has 0 radical (unpaired) electrons. The van der Waals surface area contributed by atoms with Gasteiger partial charge in [-0.15, -0.1) is 0 Å². The van der Waals surface area contributed by atoms with Gasteiger partial charge in [0, 0.05) is 23.3 Å². The summed E-state index contributed by atoms with van der Waals surface area (Å²) >= 11 is 0. The van der Waals surface area contributed by atoms with Crippen molar-refractivity contribution in [3.8, 4) is 0 Å². The number of rotatable bonds is 3. The van der Waals surface area contributed by atoms with E-state index in [2.05, 4.69) is 15.3 Å². The van der Waals surface area contributed by atoms with Crippen molar-refractivity contribution in [3.63, 3.8) is 0 Å². The first kappa shape index (κ1) is 14.0. The lowest BCUT2D eigenvalue weighted by molar-refractivity contribution is 0.102. The summed E-state index contributed by atoms with van der Waals surface area (Å²) in [6.45, 7) is 2.00. The number of aromatic amines is 1. The Morgan fingerprint density at radius 3 is 2.82 bits per heavy atom. The van der Waals surface area contributed by atoms with E-state index in [0.717, 1.165) is 17.4 Å². The first-order valence-electron chi connectivity index (χ1n) is 7.05. The average Bonchev–Trinajstić information content (AvgIpc) is 2.54. The molecular formula is C17H15N3O2. The number of benzene rings is 1. The van der Waals surface area contributed by atoms with Gasteiger partial charge in [0.2, 0.25) is 5.56 Å². The number of aryl methyl sites for hydroxylation is 1. The quantitative estimate of drug-likeness (QED) is 0.779. The van der Waals surface area contributed by atoms with Crippen molar-refractivity contribution in [2.24, 2.45) is 0 Å². The van der Waals surface area contributed by atoms with Crippen LogP contribution in [0.1, 0.15) is 23.0 Å². The molecule has 110 valence electrons.